The van der Waals surface area contributed by atoms with Gasteiger partial charge in [-0.15, -0.1) is 24.0 Å². The summed E-state index contributed by atoms with van der Waals surface area (Å²) >= 11 is 0. The molecule has 1 aromatic carbocycles. The van der Waals surface area contributed by atoms with Crippen molar-refractivity contribution in [2.24, 2.45) is 10.9 Å². The van der Waals surface area contributed by atoms with E-state index in [4.69, 9.17) is 0 Å². The van der Waals surface area contributed by atoms with E-state index in [1.54, 1.807) is 13.1 Å². The summed E-state index contributed by atoms with van der Waals surface area (Å²) in [6.07, 6.45) is 1.23. The Morgan fingerprint density at radius 1 is 1.21 bits per heavy atom. The minimum atomic E-state index is -3.20. The number of guanidine groups is 1. The van der Waals surface area contributed by atoms with Crippen molar-refractivity contribution in [3.63, 3.8) is 0 Å². The van der Waals surface area contributed by atoms with Crippen molar-refractivity contribution < 1.29 is 8.42 Å². The lowest BCUT2D eigenvalue weighted by molar-refractivity contribution is 0.436. The predicted octanol–water partition coefficient (Wildman–Crippen LogP) is 2.83. The van der Waals surface area contributed by atoms with Crippen LogP contribution in [0.4, 0.5) is 0 Å². The molecule has 0 radical (unpaired) electrons. The number of aliphatic imine (C=N–C) groups is 1. The van der Waals surface area contributed by atoms with Crippen LogP contribution in [0.1, 0.15) is 29.4 Å². The molecule has 1 aromatic heterocycles. The number of aromatic nitrogens is 2. The lowest BCUT2D eigenvalue weighted by Crippen LogP contribution is -2.39. The van der Waals surface area contributed by atoms with Gasteiger partial charge in [-0.05, 0) is 49.9 Å². The van der Waals surface area contributed by atoms with Gasteiger partial charge in [0.05, 0.1) is 10.6 Å². The molecule has 0 amide bonds. The molecule has 1 heterocycles. The average Bonchev–Trinajstić information content (AvgIpc) is 2.91. The first-order valence-corrected chi connectivity index (χ1v) is 11.2. The van der Waals surface area contributed by atoms with Crippen molar-refractivity contribution in [3.05, 3.63) is 46.8 Å². The van der Waals surface area contributed by atoms with Gasteiger partial charge in [-0.25, -0.2) is 8.42 Å². The molecule has 0 bridgehead atoms. The fourth-order valence-electron chi connectivity index (χ4n) is 3.13. The summed E-state index contributed by atoms with van der Waals surface area (Å²) in [7, 11) is -1.46. The quantitative estimate of drug-likeness (QED) is 0.325. The number of halogens is 1. The second-order valence-electron chi connectivity index (χ2n) is 7.39. The SMILES string of the molecule is CN=C(NCc1ccc(S(C)(=O)=O)c(C)c1)NCC(C)Cn1nc(C)cc1C.I. The van der Waals surface area contributed by atoms with Crippen LogP contribution in [0.25, 0.3) is 0 Å². The van der Waals surface area contributed by atoms with E-state index in [9.17, 15) is 8.42 Å². The zero-order chi connectivity index (χ0) is 20.9. The Kier molecular flexibility index (Phi) is 9.60. The van der Waals surface area contributed by atoms with E-state index in [1.165, 1.54) is 11.9 Å². The maximum atomic E-state index is 11.7. The van der Waals surface area contributed by atoms with Gasteiger partial charge in [-0.1, -0.05) is 19.1 Å². The number of benzene rings is 1. The van der Waals surface area contributed by atoms with E-state index in [1.807, 2.05) is 30.7 Å². The molecule has 0 aliphatic rings. The van der Waals surface area contributed by atoms with Crippen LogP contribution in [0.3, 0.4) is 0 Å². The molecule has 7 nitrogen and oxygen atoms in total. The topological polar surface area (TPSA) is 88.4 Å². The number of aryl methyl sites for hydroxylation is 3. The molecule has 2 rings (SSSR count). The highest BCUT2D eigenvalue weighted by Crippen LogP contribution is 2.16. The Morgan fingerprint density at radius 2 is 1.90 bits per heavy atom. The summed E-state index contributed by atoms with van der Waals surface area (Å²) in [5.74, 6) is 1.10. The highest BCUT2D eigenvalue weighted by Gasteiger charge is 2.11. The van der Waals surface area contributed by atoms with E-state index >= 15 is 0 Å². The Hall–Kier alpha value is -1.62. The number of sulfone groups is 1. The summed E-state index contributed by atoms with van der Waals surface area (Å²) in [4.78, 5) is 4.63. The van der Waals surface area contributed by atoms with Crippen molar-refractivity contribution in [1.82, 2.24) is 20.4 Å². The van der Waals surface area contributed by atoms with E-state index in [-0.39, 0.29) is 24.0 Å². The predicted molar refractivity (Wildman–Crippen MR) is 129 cm³/mol. The van der Waals surface area contributed by atoms with Crippen molar-refractivity contribution in [2.75, 3.05) is 19.8 Å². The molecule has 2 aromatic rings. The lowest BCUT2D eigenvalue weighted by Gasteiger charge is -2.17. The first-order valence-electron chi connectivity index (χ1n) is 9.35. The average molecular weight is 533 g/mol. The summed E-state index contributed by atoms with van der Waals surface area (Å²) in [6, 6.07) is 7.46. The minimum Gasteiger partial charge on any atom is -0.356 e. The number of rotatable bonds is 7. The van der Waals surface area contributed by atoms with Crippen LogP contribution in [-0.4, -0.2) is 44.0 Å². The fraction of sp³-hybridized carbons (Fsp3) is 0.500. The number of hydrogen-bond donors (Lipinski definition) is 2. The molecule has 1 atom stereocenters. The van der Waals surface area contributed by atoms with Crippen molar-refractivity contribution in [1.29, 1.82) is 0 Å². The molecule has 0 aliphatic heterocycles. The van der Waals surface area contributed by atoms with Gasteiger partial charge < -0.3 is 10.6 Å². The van der Waals surface area contributed by atoms with Crippen LogP contribution in [0.5, 0.6) is 0 Å². The normalized spacial score (nSPS) is 13.0. The van der Waals surface area contributed by atoms with E-state index in [2.05, 4.69) is 40.6 Å². The van der Waals surface area contributed by atoms with E-state index in [0.29, 0.717) is 23.3 Å². The van der Waals surface area contributed by atoms with Gasteiger partial charge >= 0.3 is 0 Å². The smallest absolute Gasteiger partial charge is 0.191 e. The first-order chi connectivity index (χ1) is 13.1. The summed E-state index contributed by atoms with van der Waals surface area (Å²) < 4.78 is 25.5. The Balaban J connectivity index is 0.00000420. The van der Waals surface area contributed by atoms with Crippen LogP contribution >= 0.6 is 24.0 Å². The van der Waals surface area contributed by atoms with Crippen LogP contribution in [0.2, 0.25) is 0 Å². The molecule has 1 unspecified atom stereocenters. The summed E-state index contributed by atoms with van der Waals surface area (Å²) in [5.41, 5.74) is 3.96. The molecule has 0 saturated heterocycles. The number of nitrogens with zero attached hydrogens (tertiary/aromatic N) is 3. The molecule has 29 heavy (non-hydrogen) atoms. The van der Waals surface area contributed by atoms with Gasteiger partial charge in [0, 0.05) is 38.6 Å². The third-order valence-electron chi connectivity index (χ3n) is 4.53. The van der Waals surface area contributed by atoms with Gasteiger partial charge in [0.15, 0.2) is 15.8 Å². The number of nitrogens with one attached hydrogen (secondary N) is 2. The van der Waals surface area contributed by atoms with Crippen LogP contribution in [-0.2, 0) is 22.9 Å². The molecule has 0 saturated carbocycles. The van der Waals surface area contributed by atoms with Gasteiger partial charge in [-0.3, -0.25) is 9.67 Å². The largest absolute Gasteiger partial charge is 0.356 e. The van der Waals surface area contributed by atoms with Crippen molar-refractivity contribution in [2.45, 2.75) is 45.7 Å². The standard InChI is InChI=1S/C20H31N5O2S.HI/c1-14(13-25-17(4)10-16(3)24-25)11-22-20(21-5)23-12-18-7-8-19(15(2)9-18)28(6,26)27;/h7-10,14H,11-13H2,1-6H3,(H2,21,22,23);1H. The maximum Gasteiger partial charge on any atom is 0.191 e. The molecular weight excluding hydrogens is 501 g/mol. The third-order valence-corrected chi connectivity index (χ3v) is 5.79. The third kappa shape index (κ3) is 7.61. The highest BCUT2D eigenvalue weighted by molar-refractivity contribution is 14.0. The molecule has 0 fully saturated rings. The zero-order valence-corrected chi connectivity index (χ0v) is 21.1. The Labute approximate surface area is 191 Å². The van der Waals surface area contributed by atoms with Gasteiger partial charge in [-0.2, -0.15) is 5.10 Å². The second-order valence-corrected chi connectivity index (χ2v) is 9.38. The molecular formula is C20H32IN5O2S. The monoisotopic (exact) mass is 533 g/mol. The Bertz CT molecular complexity index is 954. The van der Waals surface area contributed by atoms with E-state index < -0.39 is 9.84 Å². The van der Waals surface area contributed by atoms with Crippen LogP contribution in [0.15, 0.2) is 34.2 Å². The van der Waals surface area contributed by atoms with Crippen LogP contribution < -0.4 is 10.6 Å². The molecule has 0 spiro atoms. The second kappa shape index (κ2) is 11.0. The van der Waals surface area contributed by atoms with Crippen molar-refractivity contribution in [3.8, 4) is 0 Å². The maximum absolute atomic E-state index is 11.7. The minimum absolute atomic E-state index is 0. The van der Waals surface area contributed by atoms with Crippen LogP contribution in [0, 0.1) is 26.7 Å². The summed E-state index contributed by atoms with van der Waals surface area (Å²) in [5, 5.41) is 11.1. The first kappa shape index (κ1) is 25.4. The molecule has 162 valence electrons. The van der Waals surface area contributed by atoms with Gasteiger partial charge in [0.2, 0.25) is 0 Å². The number of hydrogen-bond acceptors (Lipinski definition) is 4. The summed E-state index contributed by atoms with van der Waals surface area (Å²) in [6.45, 7) is 10.2. The lowest BCUT2D eigenvalue weighted by atomic mass is 10.1. The Morgan fingerprint density at radius 3 is 2.41 bits per heavy atom. The fourth-order valence-corrected chi connectivity index (χ4v) is 4.09. The molecule has 0 aliphatic carbocycles. The van der Waals surface area contributed by atoms with Gasteiger partial charge in [0.1, 0.15) is 0 Å². The highest BCUT2D eigenvalue weighted by atomic mass is 127. The van der Waals surface area contributed by atoms with E-state index in [0.717, 1.165) is 29.9 Å². The van der Waals surface area contributed by atoms with Crippen molar-refractivity contribution >= 4 is 39.8 Å². The molecule has 2 N–H and O–H groups in total. The zero-order valence-electron chi connectivity index (χ0n) is 18.0. The van der Waals surface area contributed by atoms with Gasteiger partial charge in [0.25, 0.3) is 0 Å². The molecule has 9 heteroatoms.